The summed E-state index contributed by atoms with van der Waals surface area (Å²) in [7, 11) is 0. The summed E-state index contributed by atoms with van der Waals surface area (Å²) in [6.07, 6.45) is 4.37. The number of carboxylic acids is 2. The molecule has 4 rings (SSSR count). The normalized spacial score (nSPS) is 13.4. The summed E-state index contributed by atoms with van der Waals surface area (Å²) >= 11 is 6.20. The lowest BCUT2D eigenvalue weighted by molar-refractivity contribution is -0.151. The third-order valence-electron chi connectivity index (χ3n) is 7.84. The minimum absolute atomic E-state index is 0.128. The molecule has 0 spiro atoms. The number of carboxylic acid groups (broad SMARTS) is 2. The second-order valence-electron chi connectivity index (χ2n) is 10.8. The van der Waals surface area contributed by atoms with Gasteiger partial charge in [-0.25, -0.2) is 0 Å². The minimum Gasteiger partial charge on any atom is -0.481 e. The Morgan fingerprint density at radius 3 is 2.19 bits per heavy atom. The molecule has 222 valence electrons. The second-order valence-corrected chi connectivity index (χ2v) is 11.2. The average Bonchev–Trinajstić information content (AvgIpc) is 3.00. The van der Waals surface area contributed by atoms with Gasteiger partial charge in [0.2, 0.25) is 5.91 Å². The summed E-state index contributed by atoms with van der Waals surface area (Å²) in [6, 6.07) is 31.5. The summed E-state index contributed by atoms with van der Waals surface area (Å²) < 4.78 is 0. The smallest absolute Gasteiger partial charge is 0.307 e. The van der Waals surface area contributed by atoms with E-state index in [-0.39, 0.29) is 24.3 Å². The van der Waals surface area contributed by atoms with Gasteiger partial charge < -0.3 is 15.1 Å². The van der Waals surface area contributed by atoms with Crippen LogP contribution in [0.15, 0.2) is 103 Å². The maximum Gasteiger partial charge on any atom is 0.307 e. The summed E-state index contributed by atoms with van der Waals surface area (Å²) in [4.78, 5) is 38.6. The molecule has 0 saturated carbocycles. The van der Waals surface area contributed by atoms with E-state index in [0.717, 1.165) is 22.1 Å². The van der Waals surface area contributed by atoms with Crippen LogP contribution in [0.25, 0.3) is 16.8 Å². The number of aliphatic carboxylic acids is 2. The van der Waals surface area contributed by atoms with Gasteiger partial charge >= 0.3 is 11.9 Å². The van der Waals surface area contributed by atoms with E-state index in [1.165, 1.54) is 5.39 Å². The Kier molecular flexibility index (Phi) is 11.1. The van der Waals surface area contributed by atoms with Gasteiger partial charge in [-0.2, -0.15) is 0 Å². The molecule has 0 saturated heterocycles. The molecule has 0 bridgehead atoms. The van der Waals surface area contributed by atoms with Crippen LogP contribution in [0.2, 0.25) is 5.02 Å². The molecule has 3 atom stereocenters. The predicted octanol–water partition coefficient (Wildman–Crippen LogP) is 7.71. The molecule has 0 aromatic heterocycles. The van der Waals surface area contributed by atoms with Gasteiger partial charge in [0.05, 0.1) is 12.3 Å². The zero-order valence-corrected chi connectivity index (χ0v) is 24.9. The largest absolute Gasteiger partial charge is 0.481 e. The number of carbonyl (C=O) groups is 3. The lowest BCUT2D eigenvalue weighted by Gasteiger charge is -2.36. The van der Waals surface area contributed by atoms with Crippen molar-refractivity contribution in [1.29, 1.82) is 0 Å². The van der Waals surface area contributed by atoms with E-state index in [0.29, 0.717) is 24.4 Å². The van der Waals surface area contributed by atoms with Gasteiger partial charge in [0, 0.05) is 29.9 Å². The van der Waals surface area contributed by atoms with Crippen LogP contribution in [0.1, 0.15) is 48.8 Å². The first-order valence-corrected chi connectivity index (χ1v) is 14.8. The van der Waals surface area contributed by atoms with Crippen LogP contribution >= 0.6 is 11.6 Å². The highest BCUT2D eigenvalue weighted by molar-refractivity contribution is 6.30. The number of hydrogen-bond acceptors (Lipinski definition) is 3. The first-order valence-electron chi connectivity index (χ1n) is 14.4. The molecule has 6 nitrogen and oxygen atoms in total. The second kappa shape index (κ2) is 15.2. The molecule has 4 aromatic carbocycles. The maximum absolute atomic E-state index is 13.7. The maximum atomic E-state index is 13.7. The van der Waals surface area contributed by atoms with Crippen LogP contribution in [0.4, 0.5) is 0 Å². The minimum atomic E-state index is -1.31. The molecule has 0 heterocycles. The van der Waals surface area contributed by atoms with Gasteiger partial charge in [0.1, 0.15) is 0 Å². The van der Waals surface area contributed by atoms with Crippen LogP contribution in [-0.2, 0) is 20.8 Å². The molecule has 0 fully saturated rings. The van der Waals surface area contributed by atoms with Crippen molar-refractivity contribution in [2.45, 2.75) is 44.6 Å². The Bertz CT molecular complexity index is 1570. The van der Waals surface area contributed by atoms with Crippen molar-refractivity contribution in [3.05, 3.63) is 125 Å². The molecular formula is C36H36ClNO5. The fourth-order valence-corrected chi connectivity index (χ4v) is 5.56. The molecule has 0 radical (unpaired) electrons. The SMILES string of the molecule is CC(C(C/C=C/c1ccc2ccccc2c1)c1ccc(Cl)cc1)N(CCc1ccccc1)C(=O)CC(CC(=O)O)C(=O)O. The molecule has 0 aliphatic heterocycles. The Balaban J connectivity index is 1.63. The Morgan fingerprint density at radius 1 is 0.837 bits per heavy atom. The summed E-state index contributed by atoms with van der Waals surface area (Å²) in [5.41, 5.74) is 3.11. The van der Waals surface area contributed by atoms with Crippen LogP contribution in [0.3, 0.4) is 0 Å². The van der Waals surface area contributed by atoms with Crippen LogP contribution in [0, 0.1) is 5.92 Å². The van der Waals surface area contributed by atoms with Gasteiger partial charge in [-0.3, -0.25) is 14.4 Å². The van der Waals surface area contributed by atoms with Crippen LogP contribution < -0.4 is 0 Å². The molecule has 4 aromatic rings. The average molecular weight is 598 g/mol. The van der Waals surface area contributed by atoms with Crippen molar-refractivity contribution >= 4 is 46.3 Å². The topological polar surface area (TPSA) is 94.9 Å². The predicted molar refractivity (Wildman–Crippen MR) is 171 cm³/mol. The number of carbonyl (C=O) groups excluding carboxylic acids is 1. The zero-order chi connectivity index (χ0) is 30.8. The van der Waals surface area contributed by atoms with E-state index in [1.54, 1.807) is 4.90 Å². The monoisotopic (exact) mass is 597 g/mol. The van der Waals surface area contributed by atoms with Crippen molar-refractivity contribution in [1.82, 2.24) is 4.90 Å². The fraction of sp³-hybridized carbons (Fsp3) is 0.250. The summed E-state index contributed by atoms with van der Waals surface area (Å²) in [5, 5.41) is 21.8. The molecule has 7 heteroatoms. The highest BCUT2D eigenvalue weighted by Crippen LogP contribution is 2.30. The molecule has 2 N–H and O–H groups in total. The third-order valence-corrected chi connectivity index (χ3v) is 8.09. The number of hydrogen-bond donors (Lipinski definition) is 2. The van der Waals surface area contributed by atoms with Crippen molar-refractivity contribution < 1.29 is 24.6 Å². The van der Waals surface area contributed by atoms with Crippen molar-refractivity contribution in [3.63, 3.8) is 0 Å². The van der Waals surface area contributed by atoms with Crippen LogP contribution in [0.5, 0.6) is 0 Å². The first-order chi connectivity index (χ1) is 20.7. The number of halogens is 1. The van der Waals surface area contributed by atoms with E-state index in [1.807, 2.05) is 73.7 Å². The highest BCUT2D eigenvalue weighted by Gasteiger charge is 2.32. The van der Waals surface area contributed by atoms with Crippen molar-refractivity contribution in [2.75, 3.05) is 6.54 Å². The Hall–Kier alpha value is -4.42. The van der Waals surface area contributed by atoms with Crippen molar-refractivity contribution in [3.8, 4) is 0 Å². The summed E-state index contributed by atoms with van der Waals surface area (Å²) in [5.74, 6) is -4.36. The molecular weight excluding hydrogens is 562 g/mol. The lowest BCUT2D eigenvalue weighted by atomic mass is 9.87. The van der Waals surface area contributed by atoms with Gasteiger partial charge in [-0.1, -0.05) is 103 Å². The standard InChI is InChI=1S/C36H36ClNO5/c1-25(38(21-20-26-8-3-2-4-9-26)34(39)23-31(36(42)43)24-35(40)41)33(29-16-18-32(37)19-17-29)13-7-10-27-14-15-28-11-5-6-12-30(28)22-27/h2-12,14-19,22,25,31,33H,13,20-21,23-24H2,1H3,(H,40,41)(H,42,43)/b10-7+. The number of fused-ring (bicyclic) bond motifs is 1. The molecule has 0 aliphatic carbocycles. The Morgan fingerprint density at radius 2 is 1.51 bits per heavy atom. The van der Waals surface area contributed by atoms with E-state index in [4.69, 9.17) is 11.6 Å². The number of amides is 1. The van der Waals surface area contributed by atoms with E-state index < -0.39 is 24.3 Å². The Labute approximate surface area is 257 Å². The summed E-state index contributed by atoms with van der Waals surface area (Å²) in [6.45, 7) is 2.33. The third kappa shape index (κ3) is 9.03. The van der Waals surface area contributed by atoms with E-state index in [2.05, 4.69) is 42.5 Å². The lowest BCUT2D eigenvalue weighted by Crippen LogP contribution is -2.44. The first kappa shape index (κ1) is 31.5. The van der Waals surface area contributed by atoms with Gasteiger partial charge in [-0.05, 0) is 65.4 Å². The van der Waals surface area contributed by atoms with Gasteiger partial charge in [0.25, 0.3) is 0 Å². The number of allylic oxidation sites excluding steroid dienone is 1. The molecule has 3 unspecified atom stereocenters. The fourth-order valence-electron chi connectivity index (χ4n) is 5.44. The zero-order valence-electron chi connectivity index (χ0n) is 24.1. The van der Waals surface area contributed by atoms with Crippen molar-refractivity contribution in [2.24, 2.45) is 5.92 Å². The van der Waals surface area contributed by atoms with E-state index in [9.17, 15) is 24.6 Å². The van der Waals surface area contributed by atoms with E-state index >= 15 is 0 Å². The van der Waals surface area contributed by atoms with Crippen LogP contribution in [-0.4, -0.2) is 45.5 Å². The number of rotatable bonds is 14. The van der Waals surface area contributed by atoms with Gasteiger partial charge in [0.15, 0.2) is 0 Å². The highest BCUT2D eigenvalue weighted by atomic mass is 35.5. The number of benzene rings is 4. The van der Waals surface area contributed by atoms with Gasteiger partial charge in [-0.15, -0.1) is 0 Å². The molecule has 43 heavy (non-hydrogen) atoms. The number of nitrogens with zero attached hydrogens (tertiary/aromatic N) is 1. The molecule has 0 aliphatic rings. The quantitative estimate of drug-likeness (QED) is 0.155. The molecule has 1 amide bonds.